The maximum absolute atomic E-state index is 11.8. The largest absolute Gasteiger partial charge is 0.311 e. The van der Waals surface area contributed by atoms with Crippen LogP contribution in [0.1, 0.15) is 5.56 Å². The normalized spacial score (nSPS) is 10.9. The number of nitrogens with one attached hydrogen (secondary N) is 2. The Morgan fingerprint density at radius 2 is 1.80 bits per heavy atom. The lowest BCUT2D eigenvalue weighted by atomic mass is 10.0. The van der Waals surface area contributed by atoms with Gasteiger partial charge in [-0.25, -0.2) is 4.98 Å². The van der Waals surface area contributed by atoms with Crippen LogP contribution >= 0.6 is 0 Å². The Balaban J connectivity index is 1.52. The van der Waals surface area contributed by atoms with E-state index in [1.165, 1.54) is 6.33 Å². The number of aromatic amines is 2. The van der Waals surface area contributed by atoms with Crippen molar-refractivity contribution in [3.63, 3.8) is 0 Å². The smallest absolute Gasteiger partial charge is 0.214 e. The first-order chi connectivity index (χ1) is 14.8. The second-order valence-corrected chi connectivity index (χ2v) is 6.94. The number of aromatic nitrogens is 5. The van der Waals surface area contributed by atoms with Gasteiger partial charge in [-0.05, 0) is 35.9 Å². The van der Waals surface area contributed by atoms with Crippen molar-refractivity contribution in [1.82, 2.24) is 25.4 Å². The van der Waals surface area contributed by atoms with Crippen molar-refractivity contribution in [2.75, 3.05) is 4.90 Å². The number of fused-ring (bicyclic) bond motifs is 1. The molecule has 0 atom stereocenters. The van der Waals surface area contributed by atoms with Gasteiger partial charge >= 0.3 is 0 Å². The van der Waals surface area contributed by atoms with Crippen LogP contribution in [0.3, 0.4) is 0 Å². The molecule has 5 aromatic rings. The summed E-state index contributed by atoms with van der Waals surface area (Å²) < 4.78 is 0. The molecule has 2 aromatic heterocycles. The van der Waals surface area contributed by atoms with Crippen LogP contribution in [0.2, 0.25) is 0 Å². The number of nitrogens with zero attached hydrogens (tertiary/aromatic N) is 4. The van der Waals surface area contributed by atoms with E-state index in [0.29, 0.717) is 12.4 Å². The Hall–Kier alpha value is -4.26. The molecule has 0 bridgehead atoms. The molecule has 7 nitrogen and oxygen atoms in total. The monoisotopic (exact) mass is 394 g/mol. The van der Waals surface area contributed by atoms with Gasteiger partial charge in [0.2, 0.25) is 6.41 Å². The van der Waals surface area contributed by atoms with Gasteiger partial charge in [0, 0.05) is 22.2 Å². The van der Waals surface area contributed by atoms with E-state index in [1.54, 1.807) is 4.90 Å². The van der Waals surface area contributed by atoms with E-state index in [9.17, 15) is 4.79 Å². The van der Waals surface area contributed by atoms with Crippen LogP contribution in [0.15, 0.2) is 79.1 Å². The Labute approximate surface area is 172 Å². The SMILES string of the molecule is O=CN(Cc1ccccc1)c1cccc(-c2n[nH]c3ccc(-c4ncn[nH]4)cc23)c1. The fraction of sp³-hybridized carbons (Fsp3) is 0.0435. The van der Waals surface area contributed by atoms with Gasteiger partial charge in [0.05, 0.1) is 17.8 Å². The quantitative estimate of drug-likeness (QED) is 0.423. The summed E-state index contributed by atoms with van der Waals surface area (Å²) in [5, 5.41) is 15.4. The molecular weight excluding hydrogens is 376 g/mol. The Bertz CT molecular complexity index is 1290. The molecule has 0 aliphatic rings. The van der Waals surface area contributed by atoms with Crippen LogP contribution < -0.4 is 4.90 Å². The lowest BCUT2D eigenvalue weighted by Crippen LogP contribution is -2.20. The molecule has 0 aliphatic heterocycles. The zero-order valence-electron chi connectivity index (χ0n) is 16.0. The molecule has 0 unspecified atom stereocenters. The summed E-state index contributed by atoms with van der Waals surface area (Å²) in [6, 6.07) is 23.7. The number of hydrogen-bond acceptors (Lipinski definition) is 4. The van der Waals surface area contributed by atoms with E-state index in [0.717, 1.165) is 45.4 Å². The lowest BCUT2D eigenvalue weighted by Gasteiger charge is -2.18. The highest BCUT2D eigenvalue weighted by Crippen LogP contribution is 2.31. The Morgan fingerprint density at radius 3 is 2.60 bits per heavy atom. The molecule has 30 heavy (non-hydrogen) atoms. The molecule has 2 N–H and O–H groups in total. The lowest BCUT2D eigenvalue weighted by molar-refractivity contribution is -0.107. The zero-order valence-corrected chi connectivity index (χ0v) is 16.0. The van der Waals surface area contributed by atoms with Crippen molar-refractivity contribution >= 4 is 23.0 Å². The van der Waals surface area contributed by atoms with E-state index in [4.69, 9.17) is 0 Å². The molecule has 0 radical (unpaired) electrons. The average Bonchev–Trinajstić information content (AvgIpc) is 3.48. The van der Waals surface area contributed by atoms with Crippen molar-refractivity contribution in [3.05, 3.63) is 84.7 Å². The van der Waals surface area contributed by atoms with E-state index < -0.39 is 0 Å². The van der Waals surface area contributed by atoms with E-state index in [-0.39, 0.29) is 0 Å². The molecule has 0 spiro atoms. The molecule has 0 fully saturated rings. The van der Waals surface area contributed by atoms with Gasteiger partial charge in [-0.1, -0.05) is 42.5 Å². The maximum atomic E-state index is 11.8. The number of anilines is 1. The third kappa shape index (κ3) is 3.33. The van der Waals surface area contributed by atoms with Gasteiger partial charge < -0.3 is 4.90 Å². The topological polar surface area (TPSA) is 90.6 Å². The molecule has 0 aliphatic carbocycles. The van der Waals surface area contributed by atoms with Gasteiger partial charge in [-0.15, -0.1) is 0 Å². The first-order valence-electron chi connectivity index (χ1n) is 9.52. The van der Waals surface area contributed by atoms with E-state index >= 15 is 0 Å². The summed E-state index contributed by atoms with van der Waals surface area (Å²) in [6.45, 7) is 0.505. The van der Waals surface area contributed by atoms with Gasteiger partial charge in [-0.2, -0.15) is 10.2 Å². The van der Waals surface area contributed by atoms with Crippen LogP contribution in [-0.2, 0) is 11.3 Å². The van der Waals surface area contributed by atoms with Crippen LogP contribution in [0.25, 0.3) is 33.5 Å². The minimum atomic E-state index is 0.505. The number of H-pyrrole nitrogens is 2. The van der Waals surface area contributed by atoms with Crippen LogP contribution in [0.5, 0.6) is 0 Å². The second-order valence-electron chi connectivity index (χ2n) is 6.94. The molecule has 5 rings (SSSR count). The zero-order chi connectivity index (χ0) is 20.3. The van der Waals surface area contributed by atoms with E-state index in [2.05, 4.69) is 25.4 Å². The summed E-state index contributed by atoms with van der Waals surface area (Å²) >= 11 is 0. The van der Waals surface area contributed by atoms with Crippen molar-refractivity contribution in [1.29, 1.82) is 0 Å². The fourth-order valence-corrected chi connectivity index (χ4v) is 3.53. The molecule has 3 aromatic carbocycles. The van der Waals surface area contributed by atoms with Gasteiger partial charge in [0.25, 0.3) is 0 Å². The summed E-state index contributed by atoms with van der Waals surface area (Å²) in [5.74, 6) is 0.702. The van der Waals surface area contributed by atoms with Gasteiger partial charge in [0.15, 0.2) is 5.82 Å². The number of carbonyl (C=O) groups excluding carboxylic acids is 1. The van der Waals surface area contributed by atoms with Crippen molar-refractivity contribution in [2.45, 2.75) is 6.54 Å². The number of hydrogen-bond donors (Lipinski definition) is 2. The maximum Gasteiger partial charge on any atom is 0.214 e. The number of rotatable bonds is 6. The van der Waals surface area contributed by atoms with Crippen molar-refractivity contribution in [2.24, 2.45) is 0 Å². The van der Waals surface area contributed by atoms with Crippen LogP contribution in [0.4, 0.5) is 5.69 Å². The molecule has 0 saturated heterocycles. The highest BCUT2D eigenvalue weighted by Gasteiger charge is 2.13. The predicted molar refractivity (Wildman–Crippen MR) is 116 cm³/mol. The molecule has 0 saturated carbocycles. The first kappa shape index (κ1) is 17.8. The first-order valence-corrected chi connectivity index (χ1v) is 9.52. The van der Waals surface area contributed by atoms with Crippen LogP contribution in [-0.4, -0.2) is 31.8 Å². The minimum Gasteiger partial charge on any atom is -0.311 e. The number of amides is 1. The minimum absolute atomic E-state index is 0.505. The summed E-state index contributed by atoms with van der Waals surface area (Å²) in [4.78, 5) is 17.7. The highest BCUT2D eigenvalue weighted by atomic mass is 16.1. The third-order valence-corrected chi connectivity index (χ3v) is 5.03. The van der Waals surface area contributed by atoms with Crippen molar-refractivity contribution in [3.8, 4) is 22.6 Å². The highest BCUT2D eigenvalue weighted by molar-refractivity contribution is 5.96. The summed E-state index contributed by atoms with van der Waals surface area (Å²) in [5.41, 5.74) is 5.48. The Morgan fingerprint density at radius 1 is 0.900 bits per heavy atom. The van der Waals surface area contributed by atoms with Gasteiger partial charge in [0.1, 0.15) is 6.33 Å². The fourth-order valence-electron chi connectivity index (χ4n) is 3.53. The predicted octanol–water partition coefficient (Wildman–Crippen LogP) is 4.18. The molecular formula is C23H18N6O. The standard InChI is InChI=1S/C23H18N6O/c30-15-29(13-16-5-2-1-3-6-16)19-8-4-7-17(11-19)22-20-12-18(23-24-14-25-28-23)9-10-21(20)26-27-22/h1-12,14-15H,13H2,(H,26,27)(H,24,25,28). The molecule has 2 heterocycles. The van der Waals surface area contributed by atoms with E-state index in [1.807, 2.05) is 72.8 Å². The third-order valence-electron chi connectivity index (χ3n) is 5.03. The Kier molecular flexibility index (Phi) is 4.53. The molecule has 7 heteroatoms. The van der Waals surface area contributed by atoms with Crippen molar-refractivity contribution < 1.29 is 4.79 Å². The molecule has 1 amide bonds. The van der Waals surface area contributed by atoms with Gasteiger partial charge in [-0.3, -0.25) is 15.0 Å². The summed E-state index contributed by atoms with van der Waals surface area (Å²) in [7, 11) is 0. The molecule has 146 valence electrons. The second kappa shape index (κ2) is 7.63. The number of carbonyl (C=O) groups is 1. The summed E-state index contributed by atoms with van der Waals surface area (Å²) in [6.07, 6.45) is 2.34. The number of benzene rings is 3. The average molecular weight is 394 g/mol. The van der Waals surface area contributed by atoms with Crippen LogP contribution in [0, 0.1) is 0 Å².